The van der Waals surface area contributed by atoms with Crippen molar-refractivity contribution in [3.8, 4) is 0 Å². The summed E-state index contributed by atoms with van der Waals surface area (Å²) in [4.78, 5) is 12.6. The molecule has 0 fully saturated rings. The number of nitrogens with one attached hydrogen (secondary N) is 1. The Balaban J connectivity index is 0.00000380. The van der Waals surface area contributed by atoms with Crippen molar-refractivity contribution in [2.24, 2.45) is 15.3 Å². The summed E-state index contributed by atoms with van der Waals surface area (Å²) in [5, 5.41) is 13.4. The summed E-state index contributed by atoms with van der Waals surface area (Å²) in [6.45, 7) is 3.24. The second-order valence-electron chi connectivity index (χ2n) is 7.90. The Morgan fingerprint density at radius 3 is 2.22 bits per heavy atom. The van der Waals surface area contributed by atoms with E-state index >= 15 is 0 Å². The molecule has 187 valence electrons. The van der Waals surface area contributed by atoms with Crippen LogP contribution in [0.5, 0.6) is 0 Å². The molecule has 1 atom stereocenters. The van der Waals surface area contributed by atoms with Gasteiger partial charge < -0.3 is 0 Å². The molecule has 1 aliphatic rings. The Hall–Kier alpha value is -2.94. The predicted octanol–water partition coefficient (Wildman–Crippen LogP) is 3.54. The number of carbonyl (C=O) groups excluding carboxylic acids is 1. The monoisotopic (exact) mass is 550 g/mol. The van der Waals surface area contributed by atoms with E-state index in [1.165, 1.54) is 18.2 Å². The van der Waals surface area contributed by atoms with Crippen LogP contribution < -0.4 is 9.73 Å². The van der Waals surface area contributed by atoms with Crippen molar-refractivity contribution in [1.82, 2.24) is 0 Å². The van der Waals surface area contributed by atoms with Gasteiger partial charge in [0.15, 0.2) is 6.04 Å². The van der Waals surface area contributed by atoms with Crippen molar-refractivity contribution >= 4 is 78.4 Å². The summed E-state index contributed by atoms with van der Waals surface area (Å²) in [6, 6.07) is 16.9. The molecule has 37 heavy (non-hydrogen) atoms. The van der Waals surface area contributed by atoms with Gasteiger partial charge in [0, 0.05) is 35.2 Å². The first-order valence-corrected chi connectivity index (χ1v) is 13.4. The number of aryl methyl sites for hydroxylation is 1. The second-order valence-corrected chi connectivity index (χ2v) is 11.0. The third-order valence-electron chi connectivity index (χ3n) is 5.25. The van der Waals surface area contributed by atoms with E-state index in [-0.39, 0.29) is 50.7 Å². The van der Waals surface area contributed by atoms with Crippen molar-refractivity contribution in [2.45, 2.75) is 29.7 Å². The van der Waals surface area contributed by atoms with Crippen molar-refractivity contribution in [2.75, 3.05) is 9.73 Å². The molecule has 0 saturated carbocycles. The van der Waals surface area contributed by atoms with Gasteiger partial charge in [-0.1, -0.05) is 24.3 Å². The number of hydrogen-bond acceptors (Lipinski definition) is 8. The van der Waals surface area contributed by atoms with E-state index in [4.69, 9.17) is 4.55 Å². The normalized spacial score (nSPS) is 16.0. The Morgan fingerprint density at radius 1 is 0.946 bits per heavy atom. The molecule has 2 N–H and O–H groups in total. The molecule has 3 aromatic carbocycles. The van der Waals surface area contributed by atoms with Gasteiger partial charge in [-0.25, -0.2) is 8.42 Å². The van der Waals surface area contributed by atoms with E-state index in [9.17, 15) is 21.6 Å². The minimum Gasteiger partial charge on any atom is -0.282 e. The molecule has 0 saturated heterocycles. The number of benzene rings is 3. The van der Waals surface area contributed by atoms with Crippen LogP contribution >= 0.6 is 0 Å². The fourth-order valence-corrected chi connectivity index (χ4v) is 5.22. The molecule has 1 heterocycles. The topological polar surface area (TPSA) is 158 Å². The van der Waals surface area contributed by atoms with Gasteiger partial charge in [0.2, 0.25) is 0 Å². The largest absolute Gasteiger partial charge is 0.294 e. The van der Waals surface area contributed by atoms with Crippen LogP contribution in [0.3, 0.4) is 0 Å². The van der Waals surface area contributed by atoms with Gasteiger partial charge in [-0.15, -0.1) is 0 Å². The van der Waals surface area contributed by atoms with Gasteiger partial charge in [0.1, 0.15) is 0 Å². The maximum absolute atomic E-state index is 12.9. The maximum Gasteiger partial charge on any atom is 0.294 e. The van der Waals surface area contributed by atoms with Crippen molar-refractivity contribution in [3.05, 3.63) is 78.4 Å². The van der Waals surface area contributed by atoms with Crippen molar-refractivity contribution < 1.29 is 26.2 Å². The number of nitrogens with zero attached hydrogens (tertiary/aromatic N) is 4. The standard InChI is InChI=1S/C23H21N5O6S2.Na/c1-15-8-9-18(14-21(15)35(30,31)27-17-6-4-3-5-7-17)24-25-22-16(2)26-28(23(22)29)19-10-12-20(13-11-19)36(32,33)34;/h3-14,22,27H,1-2H3,(H,32,33,34);. The van der Waals surface area contributed by atoms with Crippen LogP contribution in [0.25, 0.3) is 0 Å². The minimum absolute atomic E-state index is 0. The molecule has 0 bridgehead atoms. The Kier molecular flexibility index (Phi) is 8.67. The molecule has 1 amide bonds. The van der Waals surface area contributed by atoms with Gasteiger partial charge in [0.05, 0.1) is 26.9 Å². The number of sulfonamides is 1. The van der Waals surface area contributed by atoms with E-state index in [0.717, 1.165) is 17.1 Å². The molecule has 4 rings (SSSR count). The molecular weight excluding hydrogens is 529 g/mol. The van der Waals surface area contributed by atoms with Crippen LogP contribution in [0, 0.1) is 6.92 Å². The number of para-hydroxylation sites is 1. The van der Waals surface area contributed by atoms with Gasteiger partial charge in [-0.2, -0.15) is 28.8 Å². The number of anilines is 2. The van der Waals surface area contributed by atoms with Gasteiger partial charge >= 0.3 is 0 Å². The zero-order chi connectivity index (χ0) is 26.1. The molecule has 0 aromatic heterocycles. The van der Waals surface area contributed by atoms with Crippen molar-refractivity contribution in [1.29, 1.82) is 0 Å². The Bertz CT molecular complexity index is 1590. The number of hydrogen-bond donors (Lipinski definition) is 2. The summed E-state index contributed by atoms with van der Waals surface area (Å²) in [7, 11) is -8.27. The van der Waals surface area contributed by atoms with Gasteiger partial charge in [-0.05, 0) is 67.9 Å². The molecule has 3 aromatic rings. The van der Waals surface area contributed by atoms with E-state index in [1.807, 2.05) is 0 Å². The number of amides is 1. The molecule has 1 unspecified atom stereocenters. The second kappa shape index (κ2) is 11.2. The van der Waals surface area contributed by atoms with Crippen LogP contribution in [-0.4, -0.2) is 68.6 Å². The predicted molar refractivity (Wildman–Crippen MR) is 139 cm³/mol. The average molecular weight is 551 g/mol. The van der Waals surface area contributed by atoms with E-state index in [1.54, 1.807) is 56.3 Å². The Morgan fingerprint density at radius 2 is 1.59 bits per heavy atom. The minimum atomic E-state index is -4.37. The summed E-state index contributed by atoms with van der Waals surface area (Å²) < 4.78 is 59.9. The van der Waals surface area contributed by atoms with E-state index in [2.05, 4.69) is 20.1 Å². The molecule has 1 radical (unpaired) electrons. The van der Waals surface area contributed by atoms with Crippen LogP contribution in [0.2, 0.25) is 0 Å². The number of carbonyl (C=O) groups is 1. The molecule has 1 aliphatic heterocycles. The fraction of sp³-hybridized carbons (Fsp3) is 0.130. The van der Waals surface area contributed by atoms with E-state index in [0.29, 0.717) is 17.0 Å². The first-order chi connectivity index (χ1) is 17.0. The number of hydrazone groups is 1. The van der Waals surface area contributed by atoms with E-state index < -0.39 is 32.1 Å². The smallest absolute Gasteiger partial charge is 0.282 e. The molecule has 14 heteroatoms. The third-order valence-corrected chi connectivity index (χ3v) is 7.64. The SMILES string of the molecule is CC1=NN(c2ccc(S(=O)(=O)O)cc2)C(=O)C1N=Nc1ccc(C)c(S(=O)(=O)Nc2ccccc2)c1.[Na]. The quantitative estimate of drug-likeness (QED) is 0.260. The number of rotatable bonds is 7. The van der Waals surface area contributed by atoms with Crippen LogP contribution in [0.15, 0.2) is 97.9 Å². The molecule has 0 spiro atoms. The molecule has 11 nitrogen and oxygen atoms in total. The summed E-state index contributed by atoms with van der Waals surface area (Å²) in [5.74, 6) is -0.526. The zero-order valence-electron chi connectivity index (χ0n) is 20.1. The number of azo groups is 1. The summed E-state index contributed by atoms with van der Waals surface area (Å²) in [5.41, 5.74) is 1.77. The molecule has 0 aliphatic carbocycles. The summed E-state index contributed by atoms with van der Waals surface area (Å²) >= 11 is 0. The van der Waals surface area contributed by atoms with Crippen molar-refractivity contribution in [3.63, 3.8) is 0 Å². The fourth-order valence-electron chi connectivity index (χ4n) is 3.41. The first-order valence-electron chi connectivity index (χ1n) is 10.5. The van der Waals surface area contributed by atoms with Crippen LogP contribution in [0.4, 0.5) is 17.1 Å². The van der Waals surface area contributed by atoms with Crippen LogP contribution in [-0.2, 0) is 24.9 Å². The van der Waals surface area contributed by atoms with Gasteiger partial charge in [0.25, 0.3) is 26.0 Å². The maximum atomic E-state index is 12.9. The zero-order valence-corrected chi connectivity index (χ0v) is 23.7. The Labute approximate surface area is 236 Å². The molecular formula is C23H21N5NaO6S2. The average Bonchev–Trinajstić information content (AvgIpc) is 3.11. The van der Waals surface area contributed by atoms with Crippen LogP contribution in [0.1, 0.15) is 12.5 Å². The third kappa shape index (κ3) is 6.50. The first kappa shape index (κ1) is 28.6. The van der Waals surface area contributed by atoms with Gasteiger partial charge in [-0.3, -0.25) is 14.1 Å². The summed E-state index contributed by atoms with van der Waals surface area (Å²) in [6.07, 6.45) is 0.